The largest absolute Gasteiger partial charge is 0.393 e. The maximum Gasteiger partial charge on any atom is 0.226 e. The molecule has 4 heteroatoms. The maximum atomic E-state index is 12.5. The molecule has 0 aromatic heterocycles. The zero-order chi connectivity index (χ0) is 20.5. The molecule has 4 rings (SSSR count). The number of rotatable bonds is 3. The fraction of sp³-hybridized carbons (Fsp3) is 0.875. The second-order valence-electron chi connectivity index (χ2n) is 10.8. The summed E-state index contributed by atoms with van der Waals surface area (Å²) in [5.74, 6) is 1.68. The lowest BCUT2D eigenvalue weighted by atomic mass is 9.44. The van der Waals surface area contributed by atoms with Gasteiger partial charge in [-0.2, -0.15) is 0 Å². The molecule has 1 aliphatic heterocycles. The highest BCUT2D eigenvalue weighted by Crippen LogP contribution is 2.68. The standard InChI is InChI=1S/C24H39NO3/c1-6-18(26)17-10-9-16-15-8-11-19-22(3,13-12-20(27)25(19)7-2)21(15)24(5,28)14-23(16,17)4/h11,15-18,21,26,28H,6-10,12-14H2,1-5H3/t15?,16?,17-,18?,21?,22+,23+,24+/m1/s1. The highest BCUT2D eigenvalue weighted by atomic mass is 16.3. The first-order valence-corrected chi connectivity index (χ1v) is 11.5. The van der Waals surface area contributed by atoms with Crippen molar-refractivity contribution in [1.29, 1.82) is 0 Å². The number of carbonyl (C=O) groups excluding carboxylic acids is 1. The van der Waals surface area contributed by atoms with Gasteiger partial charge < -0.3 is 15.1 Å². The molecule has 1 heterocycles. The number of aliphatic hydroxyl groups excluding tert-OH is 1. The van der Waals surface area contributed by atoms with Crippen molar-refractivity contribution in [1.82, 2.24) is 4.90 Å². The van der Waals surface area contributed by atoms with Crippen LogP contribution in [0.4, 0.5) is 0 Å². The lowest BCUT2D eigenvalue weighted by Crippen LogP contribution is -2.63. The lowest BCUT2D eigenvalue weighted by Gasteiger charge is -2.63. The molecule has 2 N–H and O–H groups in total. The molecule has 4 unspecified atom stereocenters. The molecule has 3 fully saturated rings. The van der Waals surface area contributed by atoms with Crippen LogP contribution in [-0.4, -0.2) is 39.3 Å². The van der Waals surface area contributed by atoms with Gasteiger partial charge in [-0.15, -0.1) is 0 Å². The zero-order valence-electron chi connectivity index (χ0n) is 18.4. The Bertz CT molecular complexity index is 685. The van der Waals surface area contributed by atoms with Crippen molar-refractivity contribution in [3.63, 3.8) is 0 Å². The van der Waals surface area contributed by atoms with Crippen LogP contribution in [0.2, 0.25) is 0 Å². The molecule has 3 aliphatic carbocycles. The third-order valence-corrected chi connectivity index (χ3v) is 9.34. The van der Waals surface area contributed by atoms with Gasteiger partial charge in [0.05, 0.1) is 11.7 Å². The van der Waals surface area contributed by atoms with Crippen LogP contribution in [0.5, 0.6) is 0 Å². The molecule has 0 radical (unpaired) electrons. The van der Waals surface area contributed by atoms with E-state index in [0.717, 1.165) is 38.5 Å². The van der Waals surface area contributed by atoms with E-state index in [9.17, 15) is 15.0 Å². The number of amides is 1. The molecule has 4 aliphatic rings. The van der Waals surface area contributed by atoms with Gasteiger partial charge >= 0.3 is 0 Å². The average molecular weight is 390 g/mol. The molecule has 1 saturated heterocycles. The monoisotopic (exact) mass is 389 g/mol. The Hall–Kier alpha value is -0.870. The Kier molecular flexibility index (Phi) is 4.79. The molecule has 4 nitrogen and oxygen atoms in total. The van der Waals surface area contributed by atoms with Crippen LogP contribution < -0.4 is 0 Å². The number of fused-ring (bicyclic) bond motifs is 5. The third kappa shape index (κ3) is 2.59. The average Bonchev–Trinajstić information content (AvgIpc) is 2.96. The van der Waals surface area contributed by atoms with Crippen LogP contribution in [0, 0.1) is 34.5 Å². The van der Waals surface area contributed by atoms with Gasteiger partial charge in [-0.05, 0) is 75.5 Å². The summed E-state index contributed by atoms with van der Waals surface area (Å²) in [6.45, 7) is 11.5. The summed E-state index contributed by atoms with van der Waals surface area (Å²) in [7, 11) is 0. The summed E-state index contributed by atoms with van der Waals surface area (Å²) in [6.07, 6.45) is 8.21. The van der Waals surface area contributed by atoms with Gasteiger partial charge in [0.1, 0.15) is 0 Å². The molecule has 1 amide bonds. The van der Waals surface area contributed by atoms with Crippen molar-refractivity contribution in [3.8, 4) is 0 Å². The third-order valence-electron chi connectivity index (χ3n) is 9.34. The van der Waals surface area contributed by atoms with E-state index < -0.39 is 5.60 Å². The van der Waals surface area contributed by atoms with Crippen LogP contribution in [0.3, 0.4) is 0 Å². The summed E-state index contributed by atoms with van der Waals surface area (Å²) >= 11 is 0. The molecule has 2 saturated carbocycles. The summed E-state index contributed by atoms with van der Waals surface area (Å²) < 4.78 is 0. The van der Waals surface area contributed by atoms with Gasteiger partial charge in [0.2, 0.25) is 5.91 Å². The first-order chi connectivity index (χ1) is 13.1. The second-order valence-corrected chi connectivity index (χ2v) is 10.8. The molecular weight excluding hydrogens is 350 g/mol. The van der Waals surface area contributed by atoms with Crippen molar-refractivity contribution >= 4 is 5.91 Å². The van der Waals surface area contributed by atoms with E-state index in [2.05, 4.69) is 33.8 Å². The van der Waals surface area contributed by atoms with Crippen molar-refractivity contribution in [3.05, 3.63) is 11.8 Å². The predicted octanol–water partition coefficient (Wildman–Crippen LogP) is 4.11. The van der Waals surface area contributed by atoms with E-state index >= 15 is 0 Å². The number of aliphatic hydroxyl groups is 2. The van der Waals surface area contributed by atoms with Gasteiger partial charge in [-0.25, -0.2) is 0 Å². The molecule has 8 atom stereocenters. The van der Waals surface area contributed by atoms with E-state index in [1.807, 2.05) is 11.8 Å². The predicted molar refractivity (Wildman–Crippen MR) is 110 cm³/mol. The zero-order valence-corrected chi connectivity index (χ0v) is 18.4. The van der Waals surface area contributed by atoms with Gasteiger partial charge in [-0.3, -0.25) is 4.79 Å². The summed E-state index contributed by atoms with van der Waals surface area (Å²) in [6, 6.07) is 0. The fourth-order valence-electron chi connectivity index (χ4n) is 8.53. The Balaban J connectivity index is 1.77. The van der Waals surface area contributed by atoms with Crippen molar-refractivity contribution in [2.24, 2.45) is 34.5 Å². The highest BCUT2D eigenvalue weighted by Gasteiger charge is 2.66. The first kappa shape index (κ1) is 20.4. The fourth-order valence-corrected chi connectivity index (χ4v) is 8.53. The minimum atomic E-state index is -0.778. The number of carbonyl (C=O) groups is 1. The second kappa shape index (κ2) is 6.57. The number of hydrogen-bond donors (Lipinski definition) is 2. The van der Waals surface area contributed by atoms with E-state index in [-0.39, 0.29) is 34.7 Å². The lowest BCUT2D eigenvalue weighted by molar-refractivity contribution is -0.190. The number of hydrogen-bond acceptors (Lipinski definition) is 3. The molecule has 0 aromatic carbocycles. The molecule has 0 bridgehead atoms. The van der Waals surface area contributed by atoms with E-state index in [0.29, 0.717) is 24.8 Å². The SMILES string of the molecule is CCC(O)[C@H]1CCC2C3CC=C4N(CC)C(=O)CC[C@]4(C)C3[C@@](C)(O)C[C@@]21C. The van der Waals surface area contributed by atoms with Crippen molar-refractivity contribution in [2.45, 2.75) is 91.3 Å². The van der Waals surface area contributed by atoms with Crippen LogP contribution >= 0.6 is 0 Å². The molecule has 28 heavy (non-hydrogen) atoms. The summed E-state index contributed by atoms with van der Waals surface area (Å²) in [5.41, 5.74) is 0.245. The van der Waals surface area contributed by atoms with Crippen LogP contribution in [0.25, 0.3) is 0 Å². The van der Waals surface area contributed by atoms with Gasteiger partial charge in [-0.1, -0.05) is 26.8 Å². The smallest absolute Gasteiger partial charge is 0.226 e. The minimum absolute atomic E-state index is 0.00325. The van der Waals surface area contributed by atoms with Crippen LogP contribution in [0.15, 0.2) is 11.8 Å². The minimum Gasteiger partial charge on any atom is -0.393 e. The molecular formula is C24H39NO3. The quantitative estimate of drug-likeness (QED) is 0.763. The highest BCUT2D eigenvalue weighted by molar-refractivity contribution is 5.80. The van der Waals surface area contributed by atoms with E-state index in [1.165, 1.54) is 5.70 Å². The number of piperidine rings is 1. The topological polar surface area (TPSA) is 60.8 Å². The van der Waals surface area contributed by atoms with E-state index in [4.69, 9.17) is 0 Å². The molecule has 158 valence electrons. The Labute approximate surface area is 170 Å². The number of likely N-dealkylation sites (tertiary alicyclic amines) is 1. The Morgan fingerprint density at radius 1 is 1.25 bits per heavy atom. The first-order valence-electron chi connectivity index (χ1n) is 11.5. The number of nitrogens with zero attached hydrogens (tertiary/aromatic N) is 1. The van der Waals surface area contributed by atoms with E-state index in [1.54, 1.807) is 0 Å². The van der Waals surface area contributed by atoms with Crippen LogP contribution in [0.1, 0.15) is 79.6 Å². The number of allylic oxidation sites excluding steroid dienone is 2. The van der Waals surface area contributed by atoms with Gasteiger partial charge in [0.25, 0.3) is 0 Å². The van der Waals surface area contributed by atoms with Gasteiger partial charge in [0, 0.05) is 30.0 Å². The molecule has 0 spiro atoms. The van der Waals surface area contributed by atoms with Crippen molar-refractivity contribution < 1.29 is 15.0 Å². The summed E-state index contributed by atoms with van der Waals surface area (Å²) in [4.78, 5) is 14.5. The Morgan fingerprint density at radius 2 is 1.96 bits per heavy atom. The summed E-state index contributed by atoms with van der Waals surface area (Å²) in [5, 5.41) is 22.6. The maximum absolute atomic E-state index is 12.5. The molecule has 0 aromatic rings. The normalized spacial score (nSPS) is 49.2. The van der Waals surface area contributed by atoms with Crippen molar-refractivity contribution in [2.75, 3.05) is 6.54 Å². The van der Waals surface area contributed by atoms with Crippen LogP contribution in [-0.2, 0) is 4.79 Å². The Morgan fingerprint density at radius 3 is 2.61 bits per heavy atom. The van der Waals surface area contributed by atoms with Gasteiger partial charge in [0.15, 0.2) is 0 Å².